The van der Waals surface area contributed by atoms with E-state index in [1.807, 2.05) is 50.8 Å². The molecule has 0 saturated carbocycles. The van der Waals surface area contributed by atoms with Crippen LogP contribution >= 0.6 is 0 Å². The van der Waals surface area contributed by atoms with Gasteiger partial charge in [0.15, 0.2) is 0 Å². The minimum absolute atomic E-state index is 0.0213. The van der Waals surface area contributed by atoms with Crippen LogP contribution in [-0.4, -0.2) is 59.4 Å². The minimum atomic E-state index is -3.81. The zero-order valence-corrected chi connectivity index (χ0v) is 23.3. The normalized spacial score (nSPS) is 20.5. The van der Waals surface area contributed by atoms with Gasteiger partial charge in [0.05, 0.1) is 15.8 Å². The predicted octanol–water partition coefficient (Wildman–Crippen LogP) is 4.94. The Morgan fingerprint density at radius 2 is 1.74 bits per heavy atom. The van der Waals surface area contributed by atoms with E-state index in [-0.39, 0.29) is 16.9 Å². The third-order valence-electron chi connectivity index (χ3n) is 7.53. The van der Waals surface area contributed by atoms with Gasteiger partial charge in [-0.1, -0.05) is 35.9 Å². The number of amides is 2. The molecule has 1 atom stereocenters. The van der Waals surface area contributed by atoms with Crippen LogP contribution < -0.4 is 0 Å². The van der Waals surface area contributed by atoms with Crippen LogP contribution in [0.2, 0.25) is 0 Å². The highest BCUT2D eigenvalue weighted by Gasteiger charge is 2.50. The van der Waals surface area contributed by atoms with Gasteiger partial charge in [-0.15, -0.1) is 0 Å². The Hall–Kier alpha value is -3.33. The Labute approximate surface area is 224 Å². The molecular formula is C29H35N3O5S. The Morgan fingerprint density at radius 1 is 1.03 bits per heavy atom. The molecule has 1 spiro atoms. The molecule has 2 fully saturated rings. The summed E-state index contributed by atoms with van der Waals surface area (Å²) < 4.78 is 34.0. The van der Waals surface area contributed by atoms with Crippen LogP contribution in [0.4, 0.5) is 4.79 Å². The largest absolute Gasteiger partial charge is 0.444 e. The molecule has 8 nitrogen and oxygen atoms in total. The van der Waals surface area contributed by atoms with Gasteiger partial charge < -0.3 is 14.5 Å². The molecule has 0 radical (unpaired) electrons. The highest BCUT2D eigenvalue weighted by molar-refractivity contribution is 7.90. The van der Waals surface area contributed by atoms with E-state index in [0.717, 1.165) is 29.4 Å². The van der Waals surface area contributed by atoms with Crippen molar-refractivity contribution in [3.63, 3.8) is 0 Å². The van der Waals surface area contributed by atoms with Gasteiger partial charge >= 0.3 is 6.09 Å². The number of likely N-dealkylation sites (tertiary alicyclic amines) is 2. The van der Waals surface area contributed by atoms with Gasteiger partial charge in [-0.05, 0) is 70.7 Å². The molecule has 0 aliphatic carbocycles. The number of carbonyl (C=O) groups excluding carboxylic acids is 2. The fourth-order valence-corrected chi connectivity index (χ4v) is 7.00. The topological polar surface area (TPSA) is 88.9 Å². The van der Waals surface area contributed by atoms with Gasteiger partial charge in [-0.2, -0.15) is 0 Å². The number of piperidine rings is 1. The standard InChI is InChI=1S/C29H35N3O5S/c1-21-10-12-23(13-11-21)38(35,36)32-19-22(24-8-5-6-9-25(24)32)18-30-16-7-14-29(26(30)33)15-17-31(20-29)27(34)37-28(2,3)4/h5-6,8-13,19H,7,14-18,20H2,1-4H3. The highest BCUT2D eigenvalue weighted by Crippen LogP contribution is 2.41. The average Bonchev–Trinajstić information content (AvgIpc) is 3.45. The van der Waals surface area contributed by atoms with Crippen LogP contribution in [0.5, 0.6) is 0 Å². The Balaban J connectivity index is 1.42. The van der Waals surface area contributed by atoms with Gasteiger partial charge in [0, 0.05) is 37.8 Å². The van der Waals surface area contributed by atoms with E-state index < -0.39 is 21.0 Å². The fourth-order valence-electron chi connectivity index (χ4n) is 5.61. The summed E-state index contributed by atoms with van der Waals surface area (Å²) in [4.78, 5) is 30.2. The molecule has 2 amide bonds. The molecule has 0 bridgehead atoms. The summed E-state index contributed by atoms with van der Waals surface area (Å²) in [7, 11) is -3.81. The van der Waals surface area contributed by atoms with Gasteiger partial charge in [-0.25, -0.2) is 17.2 Å². The van der Waals surface area contributed by atoms with Crippen LogP contribution in [0.25, 0.3) is 10.9 Å². The number of nitrogens with zero attached hydrogens (tertiary/aromatic N) is 3. The van der Waals surface area contributed by atoms with Crippen molar-refractivity contribution in [2.45, 2.75) is 64.0 Å². The third kappa shape index (κ3) is 4.79. The number of benzene rings is 2. The molecule has 1 aromatic heterocycles. The number of carbonyl (C=O) groups is 2. The summed E-state index contributed by atoms with van der Waals surface area (Å²) in [6.07, 6.45) is 3.42. The van der Waals surface area contributed by atoms with Gasteiger partial charge in [0.2, 0.25) is 5.91 Å². The summed E-state index contributed by atoms with van der Waals surface area (Å²) in [6.45, 7) is 9.16. The number of rotatable bonds is 4. The number of hydrogen-bond acceptors (Lipinski definition) is 5. The van der Waals surface area contributed by atoms with E-state index in [1.165, 1.54) is 3.97 Å². The van der Waals surface area contributed by atoms with Crippen LogP contribution in [0.1, 0.15) is 51.2 Å². The first kappa shape index (κ1) is 26.3. The van der Waals surface area contributed by atoms with Crippen LogP contribution in [0, 0.1) is 12.3 Å². The van der Waals surface area contributed by atoms with Crippen LogP contribution in [0.15, 0.2) is 59.6 Å². The van der Waals surface area contributed by atoms with Gasteiger partial charge in [0.1, 0.15) is 5.60 Å². The van der Waals surface area contributed by atoms with Gasteiger partial charge in [-0.3, -0.25) is 4.79 Å². The zero-order valence-electron chi connectivity index (χ0n) is 22.4. The first-order chi connectivity index (χ1) is 17.9. The molecule has 2 aliphatic rings. The molecule has 2 aromatic carbocycles. The van der Waals surface area contributed by atoms with Crippen molar-refractivity contribution in [3.05, 3.63) is 65.9 Å². The number of hydrogen-bond donors (Lipinski definition) is 0. The second kappa shape index (κ2) is 9.45. The summed E-state index contributed by atoms with van der Waals surface area (Å²) in [5.74, 6) is 0.0213. The van der Waals surface area contributed by atoms with E-state index in [0.29, 0.717) is 38.1 Å². The van der Waals surface area contributed by atoms with E-state index in [1.54, 1.807) is 41.4 Å². The van der Waals surface area contributed by atoms with Crippen molar-refractivity contribution >= 4 is 32.9 Å². The summed E-state index contributed by atoms with van der Waals surface area (Å²) in [5.41, 5.74) is 1.13. The van der Waals surface area contributed by atoms with Crippen molar-refractivity contribution < 1.29 is 22.7 Å². The van der Waals surface area contributed by atoms with Gasteiger partial charge in [0.25, 0.3) is 10.0 Å². The predicted molar refractivity (Wildman–Crippen MR) is 145 cm³/mol. The minimum Gasteiger partial charge on any atom is -0.444 e. The second-order valence-corrected chi connectivity index (χ2v) is 13.4. The maximum atomic E-state index is 13.8. The lowest BCUT2D eigenvalue weighted by molar-refractivity contribution is -0.146. The lowest BCUT2D eigenvalue weighted by Crippen LogP contribution is -2.50. The molecule has 3 heterocycles. The van der Waals surface area contributed by atoms with Crippen molar-refractivity contribution in [1.29, 1.82) is 0 Å². The zero-order chi connectivity index (χ0) is 27.3. The van der Waals surface area contributed by atoms with Crippen molar-refractivity contribution in [2.75, 3.05) is 19.6 Å². The number of aromatic nitrogens is 1. The first-order valence-corrected chi connectivity index (χ1v) is 14.5. The fraction of sp³-hybridized carbons (Fsp3) is 0.448. The quantitative estimate of drug-likeness (QED) is 0.471. The lowest BCUT2D eigenvalue weighted by Gasteiger charge is -2.39. The number of fused-ring (bicyclic) bond motifs is 1. The molecule has 5 rings (SSSR count). The SMILES string of the molecule is Cc1ccc(S(=O)(=O)n2cc(CN3CCCC4(CCN(C(=O)OC(C)(C)C)C4)C3=O)c3ccccc32)cc1. The molecule has 9 heteroatoms. The molecule has 2 saturated heterocycles. The maximum absolute atomic E-state index is 13.8. The van der Waals surface area contributed by atoms with E-state index in [2.05, 4.69) is 0 Å². The molecule has 2 aliphatic heterocycles. The smallest absolute Gasteiger partial charge is 0.410 e. The second-order valence-electron chi connectivity index (χ2n) is 11.5. The lowest BCUT2D eigenvalue weighted by atomic mass is 9.78. The van der Waals surface area contributed by atoms with Crippen molar-refractivity contribution in [3.8, 4) is 0 Å². The first-order valence-electron chi connectivity index (χ1n) is 13.1. The molecule has 202 valence electrons. The summed E-state index contributed by atoms with van der Waals surface area (Å²) in [5, 5.41) is 0.803. The van der Waals surface area contributed by atoms with E-state index in [9.17, 15) is 18.0 Å². The average molecular weight is 538 g/mol. The van der Waals surface area contributed by atoms with Crippen molar-refractivity contribution in [1.82, 2.24) is 13.8 Å². The monoisotopic (exact) mass is 537 g/mol. The summed E-state index contributed by atoms with van der Waals surface area (Å²) in [6, 6.07) is 14.2. The molecule has 1 unspecified atom stereocenters. The molecule has 0 N–H and O–H groups in total. The Kier molecular flexibility index (Phi) is 6.54. The molecule has 3 aromatic rings. The number of aryl methyl sites for hydroxylation is 1. The highest BCUT2D eigenvalue weighted by atomic mass is 32.2. The van der Waals surface area contributed by atoms with Crippen LogP contribution in [0.3, 0.4) is 0 Å². The van der Waals surface area contributed by atoms with E-state index >= 15 is 0 Å². The Bertz CT molecular complexity index is 1490. The van der Waals surface area contributed by atoms with E-state index in [4.69, 9.17) is 4.74 Å². The third-order valence-corrected chi connectivity index (χ3v) is 9.22. The maximum Gasteiger partial charge on any atom is 0.410 e. The Morgan fingerprint density at radius 3 is 2.45 bits per heavy atom. The van der Waals surface area contributed by atoms with Crippen molar-refractivity contribution in [2.24, 2.45) is 5.41 Å². The van der Waals surface area contributed by atoms with Crippen LogP contribution in [-0.2, 0) is 26.1 Å². The number of ether oxygens (including phenoxy) is 1. The summed E-state index contributed by atoms with van der Waals surface area (Å²) >= 11 is 0. The molecule has 38 heavy (non-hydrogen) atoms. The molecular weight excluding hydrogens is 502 g/mol. The number of para-hydroxylation sites is 1.